The van der Waals surface area contributed by atoms with Crippen LogP contribution in [-0.4, -0.2) is 23.2 Å². The van der Waals surface area contributed by atoms with Crippen molar-refractivity contribution in [1.29, 1.82) is 0 Å². The Bertz CT molecular complexity index is 315. The van der Waals surface area contributed by atoms with Crippen molar-refractivity contribution in [3.05, 3.63) is 35.9 Å². The minimum atomic E-state index is 0.176. The van der Waals surface area contributed by atoms with Crippen LogP contribution in [0.5, 0.6) is 0 Å². The second-order valence-electron chi connectivity index (χ2n) is 3.16. The average molecular weight is 208 g/mol. The van der Waals surface area contributed by atoms with Gasteiger partial charge < -0.3 is 5.21 Å². The Labute approximate surface area is 87.2 Å². The number of nitrogens with zero attached hydrogens (tertiary/aromatic N) is 1. The van der Waals surface area contributed by atoms with Crippen molar-refractivity contribution < 1.29 is 5.21 Å². The molecule has 0 saturated carbocycles. The zero-order valence-corrected chi connectivity index (χ0v) is 8.45. The highest BCUT2D eigenvalue weighted by molar-refractivity contribution is 7.99. The molecule has 0 bridgehead atoms. The van der Waals surface area contributed by atoms with Gasteiger partial charge in [-0.25, -0.2) is 0 Å². The summed E-state index contributed by atoms with van der Waals surface area (Å²) < 4.78 is 0. The highest BCUT2D eigenvalue weighted by Gasteiger charge is 2.23. The maximum absolute atomic E-state index is 8.40. The van der Waals surface area contributed by atoms with Gasteiger partial charge in [-0.15, -0.1) is 16.9 Å². The van der Waals surface area contributed by atoms with E-state index in [0.29, 0.717) is 5.37 Å². The van der Waals surface area contributed by atoms with Gasteiger partial charge in [-0.2, -0.15) is 0 Å². The van der Waals surface area contributed by atoms with E-state index in [2.05, 4.69) is 22.6 Å². The molecule has 14 heavy (non-hydrogen) atoms. The number of oxime groups is 1. The van der Waals surface area contributed by atoms with Gasteiger partial charge in [0.1, 0.15) is 0 Å². The summed E-state index contributed by atoms with van der Waals surface area (Å²) in [5, 5.41) is 15.1. The first-order valence-corrected chi connectivity index (χ1v) is 5.55. The summed E-state index contributed by atoms with van der Waals surface area (Å²) in [6.45, 7) is 0. The summed E-state index contributed by atoms with van der Waals surface area (Å²) in [4.78, 5) is 0. The SMILES string of the molecule is ON=CC1CSC(c2ccccc2)N1. The van der Waals surface area contributed by atoms with Crippen LogP contribution in [0.4, 0.5) is 0 Å². The molecule has 2 unspecified atom stereocenters. The molecule has 0 spiro atoms. The van der Waals surface area contributed by atoms with Crippen molar-refractivity contribution >= 4 is 18.0 Å². The largest absolute Gasteiger partial charge is 0.411 e. The van der Waals surface area contributed by atoms with E-state index >= 15 is 0 Å². The van der Waals surface area contributed by atoms with Crippen LogP contribution in [0, 0.1) is 0 Å². The Morgan fingerprint density at radius 1 is 1.43 bits per heavy atom. The molecule has 2 rings (SSSR count). The molecule has 0 aliphatic carbocycles. The van der Waals surface area contributed by atoms with Crippen LogP contribution in [0.2, 0.25) is 0 Å². The van der Waals surface area contributed by atoms with Gasteiger partial charge in [0.05, 0.1) is 17.6 Å². The second-order valence-corrected chi connectivity index (χ2v) is 4.30. The molecule has 1 aliphatic rings. The van der Waals surface area contributed by atoms with E-state index < -0.39 is 0 Å². The van der Waals surface area contributed by atoms with Crippen molar-refractivity contribution in [3.8, 4) is 0 Å². The van der Waals surface area contributed by atoms with E-state index in [4.69, 9.17) is 5.21 Å². The monoisotopic (exact) mass is 208 g/mol. The molecule has 1 aromatic carbocycles. The van der Waals surface area contributed by atoms with E-state index in [0.717, 1.165) is 5.75 Å². The molecule has 0 amide bonds. The number of nitrogens with one attached hydrogen (secondary N) is 1. The lowest BCUT2D eigenvalue weighted by atomic mass is 10.2. The van der Waals surface area contributed by atoms with E-state index in [1.54, 1.807) is 0 Å². The first kappa shape index (κ1) is 9.55. The maximum atomic E-state index is 8.40. The zero-order chi connectivity index (χ0) is 9.80. The molecule has 2 N–H and O–H groups in total. The van der Waals surface area contributed by atoms with Crippen molar-refractivity contribution in [2.45, 2.75) is 11.4 Å². The Hall–Kier alpha value is -1.00. The summed E-state index contributed by atoms with van der Waals surface area (Å²) in [6, 6.07) is 10.5. The number of hydrogen-bond acceptors (Lipinski definition) is 4. The second kappa shape index (κ2) is 4.48. The van der Waals surface area contributed by atoms with Crippen molar-refractivity contribution in [1.82, 2.24) is 5.32 Å². The molecule has 1 saturated heterocycles. The number of benzene rings is 1. The van der Waals surface area contributed by atoms with Crippen LogP contribution in [0.25, 0.3) is 0 Å². The van der Waals surface area contributed by atoms with Gasteiger partial charge >= 0.3 is 0 Å². The van der Waals surface area contributed by atoms with Crippen molar-refractivity contribution in [3.63, 3.8) is 0 Å². The van der Waals surface area contributed by atoms with E-state index in [-0.39, 0.29) is 6.04 Å². The van der Waals surface area contributed by atoms with Crippen LogP contribution in [0.1, 0.15) is 10.9 Å². The molecule has 1 fully saturated rings. The lowest BCUT2D eigenvalue weighted by Crippen LogP contribution is -2.26. The standard InChI is InChI=1S/C10H12N2OS/c13-11-6-9-7-14-10(12-9)8-4-2-1-3-5-8/h1-6,9-10,12-13H,7H2. The van der Waals surface area contributed by atoms with Gasteiger partial charge in [-0.3, -0.25) is 5.32 Å². The Morgan fingerprint density at radius 3 is 2.93 bits per heavy atom. The normalized spacial score (nSPS) is 27.1. The zero-order valence-electron chi connectivity index (χ0n) is 7.63. The predicted molar refractivity (Wildman–Crippen MR) is 58.8 cm³/mol. The minimum Gasteiger partial charge on any atom is -0.411 e. The molecule has 1 aromatic rings. The molecule has 2 atom stereocenters. The molecule has 0 aromatic heterocycles. The van der Waals surface area contributed by atoms with E-state index in [9.17, 15) is 0 Å². The summed E-state index contributed by atoms with van der Waals surface area (Å²) >= 11 is 1.83. The molecule has 1 heterocycles. The highest BCUT2D eigenvalue weighted by Crippen LogP contribution is 2.31. The van der Waals surface area contributed by atoms with Gasteiger partial charge in [-0.05, 0) is 5.56 Å². The maximum Gasteiger partial charge on any atom is 0.0795 e. The Kier molecular flexibility index (Phi) is 3.06. The van der Waals surface area contributed by atoms with Crippen molar-refractivity contribution in [2.24, 2.45) is 5.16 Å². The minimum absolute atomic E-state index is 0.176. The first-order valence-electron chi connectivity index (χ1n) is 4.50. The van der Waals surface area contributed by atoms with Crippen LogP contribution in [0.3, 0.4) is 0 Å². The number of hydrogen-bond donors (Lipinski definition) is 2. The third kappa shape index (κ3) is 2.08. The molecule has 1 aliphatic heterocycles. The predicted octanol–water partition coefficient (Wildman–Crippen LogP) is 1.85. The molecule has 0 radical (unpaired) electrons. The molecule has 4 heteroatoms. The smallest absolute Gasteiger partial charge is 0.0795 e. The van der Waals surface area contributed by atoms with Crippen LogP contribution in [0.15, 0.2) is 35.5 Å². The number of rotatable bonds is 2. The first-order chi connectivity index (χ1) is 6.90. The van der Waals surface area contributed by atoms with Gasteiger partial charge in [0, 0.05) is 5.75 Å². The topological polar surface area (TPSA) is 44.6 Å². The fourth-order valence-electron chi connectivity index (χ4n) is 1.48. The van der Waals surface area contributed by atoms with Gasteiger partial charge in [0.25, 0.3) is 0 Å². The third-order valence-corrected chi connectivity index (χ3v) is 3.45. The third-order valence-electron chi connectivity index (χ3n) is 2.16. The van der Waals surface area contributed by atoms with E-state index in [1.807, 2.05) is 30.0 Å². The van der Waals surface area contributed by atoms with Crippen LogP contribution < -0.4 is 5.32 Å². The van der Waals surface area contributed by atoms with Crippen molar-refractivity contribution in [2.75, 3.05) is 5.75 Å². The Morgan fingerprint density at radius 2 is 2.21 bits per heavy atom. The van der Waals surface area contributed by atoms with Crippen LogP contribution >= 0.6 is 11.8 Å². The summed E-state index contributed by atoms with van der Waals surface area (Å²) in [6.07, 6.45) is 1.54. The summed E-state index contributed by atoms with van der Waals surface area (Å²) in [5.74, 6) is 0.948. The summed E-state index contributed by atoms with van der Waals surface area (Å²) in [7, 11) is 0. The van der Waals surface area contributed by atoms with Crippen LogP contribution in [-0.2, 0) is 0 Å². The van der Waals surface area contributed by atoms with Gasteiger partial charge in [0.2, 0.25) is 0 Å². The van der Waals surface area contributed by atoms with Gasteiger partial charge in [0.15, 0.2) is 0 Å². The fraction of sp³-hybridized carbons (Fsp3) is 0.300. The lowest BCUT2D eigenvalue weighted by Gasteiger charge is -2.10. The summed E-state index contributed by atoms with van der Waals surface area (Å²) in [5.41, 5.74) is 1.27. The fourth-order valence-corrected chi connectivity index (χ4v) is 2.68. The molecular weight excluding hydrogens is 196 g/mol. The molecule has 74 valence electrons. The van der Waals surface area contributed by atoms with E-state index in [1.165, 1.54) is 11.8 Å². The molecule has 3 nitrogen and oxygen atoms in total. The average Bonchev–Trinajstić information content (AvgIpc) is 2.68. The Balaban J connectivity index is 2.02. The lowest BCUT2D eigenvalue weighted by molar-refractivity contribution is 0.319. The highest BCUT2D eigenvalue weighted by atomic mass is 32.2. The van der Waals surface area contributed by atoms with Gasteiger partial charge in [-0.1, -0.05) is 30.3 Å². The number of thioether (sulfide) groups is 1. The molecular formula is C10H12N2OS. The quantitative estimate of drug-likeness (QED) is 0.443.